The first-order chi connectivity index (χ1) is 38.8. The van der Waals surface area contributed by atoms with Crippen molar-refractivity contribution in [3.8, 4) is 28.7 Å². The second kappa shape index (κ2) is 22.0. The van der Waals surface area contributed by atoms with Gasteiger partial charge in [-0.25, -0.2) is 13.2 Å². The average molecular weight is 1130 g/mol. The number of hydrogen-bond acceptors (Lipinski definition) is 13. The number of rotatable bonds is 11. The van der Waals surface area contributed by atoms with Gasteiger partial charge in [-0.15, -0.1) is 0 Å². The minimum atomic E-state index is -6.08. The van der Waals surface area contributed by atoms with Crippen LogP contribution >= 0.6 is 0 Å². The molecule has 0 atom stereocenters. The van der Waals surface area contributed by atoms with E-state index in [9.17, 15) is 54.3 Å². The minimum absolute atomic E-state index is 0.00776. The van der Waals surface area contributed by atoms with E-state index in [1.165, 1.54) is 86.0 Å². The fraction of sp³-hybridized carbons (Fsp3) is 0.172. The van der Waals surface area contributed by atoms with Crippen LogP contribution in [0.25, 0.3) is 32.7 Å². The van der Waals surface area contributed by atoms with Crippen molar-refractivity contribution in [2.24, 2.45) is 0 Å². The molecule has 1 N–H and O–H groups in total. The Morgan fingerprint density at radius 3 is 1.40 bits per heavy atom. The van der Waals surface area contributed by atoms with Crippen molar-refractivity contribution in [1.82, 2.24) is 29.7 Å². The number of pyridine rings is 3. The van der Waals surface area contributed by atoms with Gasteiger partial charge in [0.2, 0.25) is 0 Å². The number of aromatic nitrogens is 3. The van der Waals surface area contributed by atoms with Gasteiger partial charge in [0.25, 0.3) is 17.7 Å². The molecule has 0 radical (unpaired) electrons. The van der Waals surface area contributed by atoms with E-state index in [1.807, 2.05) is 18.2 Å². The summed E-state index contributed by atoms with van der Waals surface area (Å²) in [5.74, 6) is -1.74. The number of benzene rings is 6. The standard InChI is InChI=1S/C20H14F4N2O5S.C19H15FN2O3.C19H15FN2O2/c1-30-17-13-3-2-8-25-16(13)18(31-32(28,29)20(22,23)24)15-14(17)10-26(19(15)27)9-11-4-6-12(21)7-5-11;1-25-18-13-3-2-8-21-16(13)17(23)15-14(18)10-22(19(15)24)9-11-4-6-12(20)7-5-11;1-24-18-14-3-2-8-21-17(14)9-15-16(18)11-22(19(15)23)10-12-4-6-13(20)7-5-12/h2-8H,9-10H2,1H3;2-8,23H,9-10H2,1H3;2-9H,10-11H2,1H3. The molecule has 6 aromatic carbocycles. The summed E-state index contributed by atoms with van der Waals surface area (Å²) in [6, 6.07) is 29.6. The molecule has 9 aromatic rings. The molecule has 6 heterocycles. The molecule has 16 nitrogen and oxygen atoms in total. The third kappa shape index (κ3) is 10.5. The third-order valence-electron chi connectivity index (χ3n) is 13.6. The van der Waals surface area contributed by atoms with E-state index >= 15 is 0 Å². The molecule has 3 aromatic heterocycles. The smallest absolute Gasteiger partial charge is 0.505 e. The van der Waals surface area contributed by atoms with Crippen LogP contribution < -0.4 is 18.4 Å². The summed E-state index contributed by atoms with van der Waals surface area (Å²) in [7, 11) is -1.63. The molecule has 0 saturated carbocycles. The summed E-state index contributed by atoms with van der Waals surface area (Å²) in [5, 5.41) is 12.3. The fourth-order valence-corrected chi connectivity index (χ4v) is 10.5. The second-order valence-corrected chi connectivity index (χ2v) is 20.1. The number of alkyl halides is 3. The third-order valence-corrected chi connectivity index (χ3v) is 14.6. The Balaban J connectivity index is 0.000000138. The van der Waals surface area contributed by atoms with Crippen molar-refractivity contribution in [1.29, 1.82) is 0 Å². The van der Waals surface area contributed by atoms with Crippen molar-refractivity contribution in [2.75, 3.05) is 21.3 Å². The molecule has 3 aliphatic rings. The van der Waals surface area contributed by atoms with Crippen LogP contribution in [0.5, 0.6) is 28.7 Å². The number of phenols is 1. The zero-order valence-electron chi connectivity index (χ0n) is 42.9. The molecule has 414 valence electrons. The van der Waals surface area contributed by atoms with Crippen LogP contribution in [0.1, 0.15) is 64.5 Å². The van der Waals surface area contributed by atoms with Crippen molar-refractivity contribution in [3.63, 3.8) is 0 Å². The molecule has 81 heavy (non-hydrogen) atoms. The second-order valence-electron chi connectivity index (χ2n) is 18.6. The lowest BCUT2D eigenvalue weighted by Gasteiger charge is -2.16. The number of halogens is 6. The molecular formula is C58H44F6N6O10S. The van der Waals surface area contributed by atoms with Crippen molar-refractivity contribution in [3.05, 3.63) is 201 Å². The predicted octanol–water partition coefficient (Wildman–Crippen LogP) is 10.5. The summed E-state index contributed by atoms with van der Waals surface area (Å²) in [6.07, 6.45) is 4.48. The maximum absolute atomic E-state index is 13.2. The van der Waals surface area contributed by atoms with Gasteiger partial charge in [-0.2, -0.15) is 21.6 Å². The van der Waals surface area contributed by atoms with E-state index in [-0.39, 0.29) is 75.6 Å². The predicted molar refractivity (Wildman–Crippen MR) is 282 cm³/mol. The van der Waals surface area contributed by atoms with E-state index in [0.717, 1.165) is 27.6 Å². The van der Waals surface area contributed by atoms with E-state index < -0.39 is 33.1 Å². The largest absolute Gasteiger partial charge is 0.534 e. The molecule has 0 spiro atoms. The first-order valence-corrected chi connectivity index (χ1v) is 25.9. The van der Waals surface area contributed by atoms with Crippen LogP contribution in [0, 0.1) is 17.5 Å². The Morgan fingerprint density at radius 2 is 0.914 bits per heavy atom. The van der Waals surface area contributed by atoms with E-state index in [0.29, 0.717) is 65.3 Å². The Morgan fingerprint density at radius 1 is 0.519 bits per heavy atom. The summed E-state index contributed by atoms with van der Waals surface area (Å²) in [6.45, 7) is 1.43. The van der Waals surface area contributed by atoms with Crippen molar-refractivity contribution in [2.45, 2.75) is 44.8 Å². The van der Waals surface area contributed by atoms with Gasteiger partial charge in [-0.1, -0.05) is 36.4 Å². The first-order valence-electron chi connectivity index (χ1n) is 24.5. The number of phenolic OH excluding ortho intramolecular Hbond substituents is 1. The van der Waals surface area contributed by atoms with Crippen LogP contribution in [0.15, 0.2) is 134 Å². The van der Waals surface area contributed by atoms with Crippen LogP contribution in [0.2, 0.25) is 0 Å². The van der Waals surface area contributed by atoms with E-state index in [1.54, 1.807) is 65.7 Å². The number of amides is 3. The highest BCUT2D eigenvalue weighted by molar-refractivity contribution is 7.88. The summed E-state index contributed by atoms with van der Waals surface area (Å²) in [5.41, 5.74) is -0.495. The molecular weight excluding hydrogens is 1090 g/mol. The quantitative estimate of drug-likeness (QED) is 0.0732. The lowest BCUT2D eigenvalue weighted by atomic mass is 10.0. The lowest BCUT2D eigenvalue weighted by Crippen LogP contribution is -2.29. The normalized spacial score (nSPS) is 13.6. The Hall–Kier alpha value is -9.51. The number of aromatic hydroxyl groups is 1. The number of methoxy groups -OCH3 is 3. The van der Waals surface area contributed by atoms with Crippen LogP contribution in [-0.2, 0) is 49.4 Å². The van der Waals surface area contributed by atoms with Crippen LogP contribution in [0.3, 0.4) is 0 Å². The highest BCUT2D eigenvalue weighted by Gasteiger charge is 2.50. The van der Waals surface area contributed by atoms with Gasteiger partial charge in [0.1, 0.15) is 45.7 Å². The van der Waals surface area contributed by atoms with Crippen LogP contribution in [-0.4, -0.2) is 87.7 Å². The molecule has 23 heteroatoms. The maximum Gasteiger partial charge on any atom is 0.534 e. The Labute approximate surface area is 457 Å². The van der Waals surface area contributed by atoms with Gasteiger partial charge >= 0.3 is 15.6 Å². The lowest BCUT2D eigenvalue weighted by molar-refractivity contribution is -0.0500. The maximum atomic E-state index is 13.2. The highest BCUT2D eigenvalue weighted by Crippen LogP contribution is 2.47. The number of carbonyl (C=O) groups excluding carboxylic acids is 3. The molecule has 12 rings (SSSR count). The molecule has 0 fully saturated rings. The van der Waals surface area contributed by atoms with Gasteiger partial charge in [-0.05, 0) is 95.6 Å². The van der Waals surface area contributed by atoms with Gasteiger partial charge in [0.05, 0.1) is 63.2 Å². The van der Waals surface area contributed by atoms with Crippen molar-refractivity contribution < 1.29 is 72.6 Å². The zero-order valence-corrected chi connectivity index (χ0v) is 43.7. The SMILES string of the molecule is COc1c2c(c(O)c3ncccc13)C(=O)N(Cc1ccc(F)cc1)C2.COc1c2c(c(OS(=O)(=O)C(F)(F)F)c3ncccc13)C(=O)N(Cc1ccc(F)cc1)C2.COc1c2c(cc3ncccc13)C(=O)N(Cc1ccc(F)cc1)C2. The summed E-state index contributed by atoms with van der Waals surface area (Å²) >= 11 is 0. The number of ether oxygens (including phenoxy) is 3. The van der Waals surface area contributed by atoms with E-state index in [4.69, 9.17) is 14.2 Å². The Bertz CT molecular complexity index is 4080. The molecule has 3 aliphatic heterocycles. The molecule has 0 unspecified atom stereocenters. The monoisotopic (exact) mass is 1130 g/mol. The number of nitrogens with zero attached hydrogens (tertiary/aromatic N) is 6. The zero-order chi connectivity index (χ0) is 57.5. The molecule has 0 aliphatic carbocycles. The average Bonchev–Trinajstić information content (AvgIpc) is 4.22. The fourth-order valence-electron chi connectivity index (χ4n) is 9.98. The van der Waals surface area contributed by atoms with Gasteiger partial charge in [-0.3, -0.25) is 29.3 Å². The minimum Gasteiger partial charge on any atom is -0.505 e. The molecule has 0 bridgehead atoms. The van der Waals surface area contributed by atoms with Gasteiger partial charge in [0, 0.05) is 71.1 Å². The first kappa shape index (κ1) is 54.8. The number of hydrogen-bond donors (Lipinski definition) is 1. The Kier molecular flexibility index (Phi) is 14.9. The van der Waals surface area contributed by atoms with Gasteiger partial charge in [0.15, 0.2) is 11.5 Å². The highest BCUT2D eigenvalue weighted by atomic mass is 32.2. The number of carbonyl (C=O) groups is 3. The summed E-state index contributed by atoms with van der Waals surface area (Å²) in [4.78, 5) is 55.7. The summed E-state index contributed by atoms with van der Waals surface area (Å²) < 4.78 is 123. The molecule has 0 saturated heterocycles. The topological polar surface area (TPSA) is 191 Å². The van der Waals surface area contributed by atoms with Crippen molar-refractivity contribution >= 4 is 60.5 Å². The molecule has 3 amide bonds. The van der Waals surface area contributed by atoms with Gasteiger partial charge < -0.3 is 38.2 Å². The number of fused-ring (bicyclic) bond motifs is 6. The van der Waals surface area contributed by atoms with E-state index in [2.05, 4.69) is 19.1 Å². The van der Waals surface area contributed by atoms with Crippen LogP contribution in [0.4, 0.5) is 26.3 Å².